The van der Waals surface area contributed by atoms with Crippen LogP contribution in [0.15, 0.2) is 47.4 Å². The van der Waals surface area contributed by atoms with Crippen molar-refractivity contribution in [1.82, 2.24) is 4.72 Å². The summed E-state index contributed by atoms with van der Waals surface area (Å²) in [6.45, 7) is 5.30. The third-order valence-electron chi connectivity index (χ3n) is 3.23. The van der Waals surface area contributed by atoms with Gasteiger partial charge in [0.25, 0.3) is 5.91 Å². The summed E-state index contributed by atoms with van der Waals surface area (Å²) >= 11 is 5.90. The van der Waals surface area contributed by atoms with Crippen molar-refractivity contribution in [3.05, 3.63) is 58.6 Å². The molecule has 2 rings (SSSR count). The van der Waals surface area contributed by atoms with Gasteiger partial charge in [0.15, 0.2) is 0 Å². The zero-order valence-corrected chi connectivity index (χ0v) is 15.2. The Morgan fingerprint density at radius 3 is 2.46 bits per heavy atom. The number of sulfonamides is 1. The topological polar surface area (TPSA) is 75.3 Å². The molecule has 0 saturated heterocycles. The Morgan fingerprint density at radius 2 is 1.83 bits per heavy atom. The van der Waals surface area contributed by atoms with E-state index in [1.807, 2.05) is 6.92 Å². The van der Waals surface area contributed by atoms with Gasteiger partial charge in [-0.1, -0.05) is 17.7 Å². The normalized spacial score (nSPS) is 11.5. The van der Waals surface area contributed by atoms with Crippen LogP contribution in [0.2, 0.25) is 5.02 Å². The third-order valence-corrected chi connectivity index (χ3v) is 5.13. The van der Waals surface area contributed by atoms with Crippen LogP contribution in [-0.2, 0) is 10.0 Å². The number of aryl methyl sites for hydroxylation is 1. The number of carbonyl (C=O) groups excluding carboxylic acids is 1. The molecule has 0 saturated carbocycles. The molecule has 7 heteroatoms. The maximum atomic E-state index is 12.4. The van der Waals surface area contributed by atoms with Crippen molar-refractivity contribution < 1.29 is 13.2 Å². The molecule has 5 nitrogen and oxygen atoms in total. The van der Waals surface area contributed by atoms with Gasteiger partial charge in [-0.05, 0) is 62.7 Å². The summed E-state index contributed by atoms with van der Waals surface area (Å²) in [5.41, 5.74) is 1.70. The summed E-state index contributed by atoms with van der Waals surface area (Å²) in [5, 5.41) is 3.34. The molecule has 0 atom stereocenters. The number of carbonyl (C=O) groups is 1. The minimum atomic E-state index is -3.65. The van der Waals surface area contributed by atoms with Gasteiger partial charge < -0.3 is 5.32 Å². The Kier molecular flexibility index (Phi) is 5.64. The second-order valence-corrected chi connectivity index (χ2v) is 7.87. The number of nitrogens with one attached hydrogen (secondary N) is 2. The van der Waals surface area contributed by atoms with Crippen molar-refractivity contribution in [3.63, 3.8) is 0 Å². The van der Waals surface area contributed by atoms with Crippen LogP contribution in [0.3, 0.4) is 0 Å². The first-order valence-electron chi connectivity index (χ1n) is 7.39. The number of benzene rings is 2. The predicted octanol–water partition coefficient (Wildman–Crippen LogP) is 3.59. The van der Waals surface area contributed by atoms with Gasteiger partial charge in [0.05, 0.1) is 4.90 Å². The fourth-order valence-electron chi connectivity index (χ4n) is 2.14. The SMILES string of the molecule is Cc1cc(Cl)ccc1NC(=O)c1cccc(S(=O)(=O)NC(C)C)c1. The Morgan fingerprint density at radius 1 is 1.12 bits per heavy atom. The van der Waals surface area contributed by atoms with Crippen LogP contribution in [0.4, 0.5) is 5.69 Å². The van der Waals surface area contributed by atoms with Crippen LogP contribution in [0.5, 0.6) is 0 Å². The maximum absolute atomic E-state index is 12.4. The molecule has 0 aromatic heterocycles. The number of rotatable bonds is 5. The molecule has 0 heterocycles. The highest BCUT2D eigenvalue weighted by molar-refractivity contribution is 7.89. The zero-order valence-electron chi connectivity index (χ0n) is 13.6. The molecule has 0 spiro atoms. The zero-order chi connectivity index (χ0) is 17.9. The largest absolute Gasteiger partial charge is 0.322 e. The highest BCUT2D eigenvalue weighted by Gasteiger charge is 2.17. The van der Waals surface area contributed by atoms with E-state index >= 15 is 0 Å². The summed E-state index contributed by atoms with van der Waals surface area (Å²) in [6, 6.07) is 10.8. The summed E-state index contributed by atoms with van der Waals surface area (Å²) in [7, 11) is -3.65. The molecule has 2 aromatic carbocycles. The van der Waals surface area contributed by atoms with Crippen molar-refractivity contribution in [2.75, 3.05) is 5.32 Å². The average molecular weight is 367 g/mol. The Balaban J connectivity index is 2.26. The third kappa shape index (κ3) is 4.56. The molecule has 0 radical (unpaired) electrons. The molecule has 0 unspecified atom stereocenters. The molecule has 0 bridgehead atoms. The van der Waals surface area contributed by atoms with Gasteiger partial charge in [-0.2, -0.15) is 0 Å². The molecule has 0 aliphatic rings. The number of halogens is 1. The van der Waals surface area contributed by atoms with Crippen LogP contribution in [0.25, 0.3) is 0 Å². The van der Waals surface area contributed by atoms with Crippen molar-refractivity contribution in [2.24, 2.45) is 0 Å². The minimum absolute atomic E-state index is 0.0525. The quantitative estimate of drug-likeness (QED) is 0.849. The van der Waals surface area contributed by atoms with Gasteiger partial charge in [0.2, 0.25) is 10.0 Å². The van der Waals surface area contributed by atoms with Crippen molar-refractivity contribution in [1.29, 1.82) is 0 Å². The van der Waals surface area contributed by atoms with Gasteiger partial charge in [-0.25, -0.2) is 13.1 Å². The Bertz CT molecular complexity index is 864. The average Bonchev–Trinajstić information content (AvgIpc) is 2.49. The van der Waals surface area contributed by atoms with Crippen LogP contribution in [-0.4, -0.2) is 20.4 Å². The van der Waals surface area contributed by atoms with E-state index in [9.17, 15) is 13.2 Å². The maximum Gasteiger partial charge on any atom is 0.255 e. The van der Waals surface area contributed by atoms with Crippen molar-refractivity contribution in [3.8, 4) is 0 Å². The fourth-order valence-corrected chi connectivity index (χ4v) is 3.67. The summed E-state index contributed by atoms with van der Waals surface area (Å²) in [6.07, 6.45) is 0. The van der Waals surface area contributed by atoms with Gasteiger partial charge in [-0.15, -0.1) is 0 Å². The Hall–Kier alpha value is -1.89. The van der Waals surface area contributed by atoms with Crippen LogP contribution >= 0.6 is 11.6 Å². The van der Waals surface area contributed by atoms with E-state index in [0.29, 0.717) is 10.7 Å². The monoisotopic (exact) mass is 366 g/mol. The standard InChI is InChI=1S/C17H19ClN2O3S/c1-11(2)20-24(22,23)15-6-4-5-13(10-15)17(21)19-16-8-7-14(18)9-12(16)3/h4-11,20H,1-3H3,(H,19,21). The first kappa shape index (κ1) is 18.4. The number of hydrogen-bond donors (Lipinski definition) is 2. The lowest BCUT2D eigenvalue weighted by molar-refractivity contribution is 0.102. The van der Waals surface area contributed by atoms with E-state index in [2.05, 4.69) is 10.0 Å². The molecule has 0 fully saturated rings. The molecular weight excluding hydrogens is 348 g/mol. The molecule has 0 aliphatic heterocycles. The minimum Gasteiger partial charge on any atom is -0.322 e. The van der Waals surface area contributed by atoms with E-state index in [1.54, 1.807) is 44.2 Å². The first-order chi connectivity index (χ1) is 11.2. The smallest absolute Gasteiger partial charge is 0.255 e. The predicted molar refractivity (Wildman–Crippen MR) is 96.0 cm³/mol. The number of hydrogen-bond acceptors (Lipinski definition) is 3. The summed E-state index contributed by atoms with van der Waals surface area (Å²) in [5.74, 6) is -0.387. The number of amides is 1. The highest BCUT2D eigenvalue weighted by atomic mass is 35.5. The van der Waals surface area contributed by atoms with Gasteiger partial charge in [0.1, 0.15) is 0 Å². The van der Waals surface area contributed by atoms with E-state index in [1.165, 1.54) is 12.1 Å². The van der Waals surface area contributed by atoms with Crippen LogP contribution in [0, 0.1) is 6.92 Å². The molecule has 2 aromatic rings. The van der Waals surface area contributed by atoms with E-state index in [0.717, 1.165) is 5.56 Å². The molecule has 1 amide bonds. The molecule has 24 heavy (non-hydrogen) atoms. The van der Waals surface area contributed by atoms with Crippen molar-refractivity contribution in [2.45, 2.75) is 31.7 Å². The van der Waals surface area contributed by atoms with Gasteiger partial charge in [0, 0.05) is 22.3 Å². The molecule has 2 N–H and O–H groups in total. The van der Waals surface area contributed by atoms with E-state index < -0.39 is 10.0 Å². The lowest BCUT2D eigenvalue weighted by Crippen LogP contribution is -2.30. The van der Waals surface area contributed by atoms with Crippen LogP contribution < -0.4 is 10.0 Å². The van der Waals surface area contributed by atoms with E-state index in [-0.39, 0.29) is 22.4 Å². The summed E-state index contributed by atoms with van der Waals surface area (Å²) < 4.78 is 26.9. The second kappa shape index (κ2) is 7.34. The molecule has 0 aliphatic carbocycles. The Labute approximate surface area is 147 Å². The van der Waals surface area contributed by atoms with Gasteiger partial charge in [-0.3, -0.25) is 4.79 Å². The van der Waals surface area contributed by atoms with Gasteiger partial charge >= 0.3 is 0 Å². The molecular formula is C17H19ClN2O3S. The first-order valence-corrected chi connectivity index (χ1v) is 9.25. The van der Waals surface area contributed by atoms with Crippen LogP contribution in [0.1, 0.15) is 29.8 Å². The lowest BCUT2D eigenvalue weighted by atomic mass is 10.1. The summed E-state index contributed by atoms with van der Waals surface area (Å²) in [4.78, 5) is 12.4. The number of anilines is 1. The van der Waals surface area contributed by atoms with E-state index in [4.69, 9.17) is 11.6 Å². The highest BCUT2D eigenvalue weighted by Crippen LogP contribution is 2.21. The second-order valence-electron chi connectivity index (χ2n) is 5.72. The molecule has 128 valence electrons. The lowest BCUT2D eigenvalue weighted by Gasteiger charge is -2.12. The van der Waals surface area contributed by atoms with Crippen molar-refractivity contribution >= 4 is 33.2 Å². The fraction of sp³-hybridized carbons (Fsp3) is 0.235.